The fourth-order valence-corrected chi connectivity index (χ4v) is 0.660. The number of aliphatic hydroxyl groups excluding tert-OH is 1. The third kappa shape index (κ3) is 1.21. The van der Waals surface area contributed by atoms with E-state index >= 15 is 0 Å². The summed E-state index contributed by atoms with van der Waals surface area (Å²) >= 11 is 0. The Labute approximate surface area is 58.7 Å². The Morgan fingerprint density at radius 1 is 1.70 bits per heavy atom. The molecule has 0 aromatic heterocycles. The van der Waals surface area contributed by atoms with Gasteiger partial charge in [-0.3, -0.25) is 0 Å². The van der Waals surface area contributed by atoms with Gasteiger partial charge in [-0.05, 0) is 13.8 Å². The summed E-state index contributed by atoms with van der Waals surface area (Å²) in [6.45, 7) is 3.29. The molecule has 0 aromatic rings. The highest BCUT2D eigenvalue weighted by atomic mass is 16.7. The summed E-state index contributed by atoms with van der Waals surface area (Å²) in [5, 5.41) is 9.15. The minimum absolute atomic E-state index is 0.0197. The van der Waals surface area contributed by atoms with Gasteiger partial charge in [-0.2, -0.15) is 0 Å². The molecule has 0 spiro atoms. The van der Waals surface area contributed by atoms with Crippen LogP contribution in [0.15, 0.2) is 0 Å². The van der Waals surface area contributed by atoms with Gasteiger partial charge in [0.1, 0.15) is 18.3 Å². The summed E-state index contributed by atoms with van der Waals surface area (Å²) in [6.07, 6.45) is -1.44. The molecule has 0 aliphatic carbocycles. The molecule has 0 aromatic carbocycles. The Hall–Kier alpha value is -0.770. The molecule has 4 nitrogen and oxygen atoms in total. The van der Waals surface area contributed by atoms with Crippen molar-refractivity contribution in [3.05, 3.63) is 0 Å². The summed E-state index contributed by atoms with van der Waals surface area (Å²) in [5.74, 6) is 0. The average molecular weight is 146 g/mol. The molecule has 0 amide bonds. The van der Waals surface area contributed by atoms with Gasteiger partial charge >= 0.3 is 6.16 Å². The zero-order valence-electron chi connectivity index (χ0n) is 5.96. The van der Waals surface area contributed by atoms with Gasteiger partial charge in [-0.15, -0.1) is 0 Å². The van der Waals surface area contributed by atoms with Gasteiger partial charge in [0.05, 0.1) is 0 Å². The maximum atomic E-state index is 10.5. The maximum absolute atomic E-state index is 10.5. The molecule has 1 rings (SSSR count). The monoisotopic (exact) mass is 146 g/mol. The normalized spacial score (nSPS) is 30.7. The Bertz CT molecular complexity index is 152. The van der Waals surface area contributed by atoms with Gasteiger partial charge < -0.3 is 14.6 Å². The molecular formula is C6H10O4. The van der Waals surface area contributed by atoms with Crippen LogP contribution in [0, 0.1) is 0 Å². The summed E-state index contributed by atoms with van der Waals surface area (Å²) in [5.41, 5.74) is -0.810. The van der Waals surface area contributed by atoms with Gasteiger partial charge in [0.2, 0.25) is 0 Å². The van der Waals surface area contributed by atoms with Crippen LogP contribution in [0.3, 0.4) is 0 Å². The van der Waals surface area contributed by atoms with E-state index in [9.17, 15) is 4.79 Å². The molecule has 0 bridgehead atoms. The lowest BCUT2D eigenvalue weighted by Gasteiger charge is -2.33. The highest BCUT2D eigenvalue weighted by Crippen LogP contribution is 2.20. The first kappa shape index (κ1) is 7.34. The Morgan fingerprint density at radius 3 is 2.70 bits per heavy atom. The second-order valence-corrected chi connectivity index (χ2v) is 2.78. The van der Waals surface area contributed by atoms with E-state index in [1.165, 1.54) is 0 Å². The quantitative estimate of drug-likeness (QED) is 0.499. The van der Waals surface area contributed by atoms with Gasteiger partial charge in [0.25, 0.3) is 0 Å². The number of cyclic esters (lactones) is 2. The van der Waals surface area contributed by atoms with Crippen molar-refractivity contribution in [1.82, 2.24) is 0 Å². The van der Waals surface area contributed by atoms with Gasteiger partial charge in [-0.25, -0.2) is 4.79 Å². The first-order valence-corrected chi connectivity index (χ1v) is 3.06. The molecule has 1 N–H and O–H groups in total. The lowest BCUT2D eigenvalue weighted by atomic mass is 10.0. The number of hydrogen-bond acceptors (Lipinski definition) is 4. The Balaban J connectivity index is 2.63. The molecule has 1 fully saturated rings. The van der Waals surface area contributed by atoms with E-state index in [4.69, 9.17) is 5.11 Å². The number of carbonyl (C=O) groups is 1. The first-order chi connectivity index (χ1) is 4.52. The second kappa shape index (κ2) is 2.12. The first-order valence-electron chi connectivity index (χ1n) is 3.06. The molecule has 0 radical (unpaired) electrons. The van der Waals surface area contributed by atoms with Crippen molar-refractivity contribution in [3.63, 3.8) is 0 Å². The summed E-state index contributed by atoms with van der Waals surface area (Å²) in [7, 11) is 0. The van der Waals surface area contributed by atoms with Crippen LogP contribution in [-0.2, 0) is 9.47 Å². The van der Waals surface area contributed by atoms with E-state index in [0.29, 0.717) is 0 Å². The molecule has 1 aliphatic rings. The van der Waals surface area contributed by atoms with Crippen molar-refractivity contribution in [1.29, 1.82) is 0 Å². The van der Waals surface area contributed by atoms with Crippen molar-refractivity contribution in [3.8, 4) is 0 Å². The van der Waals surface area contributed by atoms with Crippen LogP contribution in [-0.4, -0.2) is 29.6 Å². The molecule has 0 saturated carbocycles. The minimum Gasteiger partial charge on any atom is -0.431 e. The summed E-state index contributed by atoms with van der Waals surface area (Å²) in [4.78, 5) is 10.5. The van der Waals surface area contributed by atoms with Crippen molar-refractivity contribution >= 4 is 6.16 Å². The lowest BCUT2D eigenvalue weighted by Crippen LogP contribution is -2.48. The van der Waals surface area contributed by atoms with Gasteiger partial charge in [-0.1, -0.05) is 0 Å². The van der Waals surface area contributed by atoms with Crippen molar-refractivity contribution in [2.75, 3.05) is 6.61 Å². The highest BCUT2D eigenvalue weighted by Gasteiger charge is 2.37. The van der Waals surface area contributed by atoms with Crippen LogP contribution in [0.25, 0.3) is 0 Å². The molecule has 58 valence electrons. The predicted molar refractivity (Wildman–Crippen MR) is 32.5 cm³/mol. The predicted octanol–water partition coefficient (Wildman–Crippen LogP) is 0.293. The van der Waals surface area contributed by atoms with E-state index in [0.717, 1.165) is 0 Å². The number of ether oxygens (including phenoxy) is 2. The SMILES string of the molecule is CC1(C)OC(=O)OCC1O. The van der Waals surface area contributed by atoms with E-state index in [1.54, 1.807) is 13.8 Å². The second-order valence-electron chi connectivity index (χ2n) is 2.78. The molecule has 1 unspecified atom stereocenters. The molecule has 1 atom stereocenters. The largest absolute Gasteiger partial charge is 0.508 e. The van der Waals surface area contributed by atoms with E-state index in [2.05, 4.69) is 9.47 Å². The smallest absolute Gasteiger partial charge is 0.431 e. The summed E-state index contributed by atoms with van der Waals surface area (Å²) in [6, 6.07) is 0. The number of aliphatic hydroxyl groups is 1. The molecular weight excluding hydrogens is 136 g/mol. The molecule has 10 heavy (non-hydrogen) atoms. The topological polar surface area (TPSA) is 55.8 Å². The van der Waals surface area contributed by atoms with Crippen molar-refractivity contribution in [2.24, 2.45) is 0 Å². The maximum Gasteiger partial charge on any atom is 0.508 e. The van der Waals surface area contributed by atoms with E-state index in [-0.39, 0.29) is 6.61 Å². The van der Waals surface area contributed by atoms with Crippen LogP contribution in [0.1, 0.15) is 13.8 Å². The number of carbonyl (C=O) groups excluding carboxylic acids is 1. The van der Waals surface area contributed by atoms with Crippen molar-refractivity contribution < 1.29 is 19.4 Å². The van der Waals surface area contributed by atoms with Crippen LogP contribution in [0.5, 0.6) is 0 Å². The third-order valence-corrected chi connectivity index (χ3v) is 1.51. The zero-order valence-corrected chi connectivity index (χ0v) is 5.96. The Kier molecular flexibility index (Phi) is 1.56. The van der Waals surface area contributed by atoms with E-state index < -0.39 is 17.9 Å². The van der Waals surface area contributed by atoms with Crippen LogP contribution in [0.4, 0.5) is 4.79 Å². The fraction of sp³-hybridized carbons (Fsp3) is 0.833. The standard InChI is InChI=1S/C6H10O4/c1-6(2)4(7)3-9-5(8)10-6/h4,7H,3H2,1-2H3. The third-order valence-electron chi connectivity index (χ3n) is 1.51. The van der Waals surface area contributed by atoms with Gasteiger partial charge in [0.15, 0.2) is 0 Å². The Morgan fingerprint density at radius 2 is 2.30 bits per heavy atom. The number of hydrogen-bond donors (Lipinski definition) is 1. The van der Waals surface area contributed by atoms with Crippen molar-refractivity contribution in [2.45, 2.75) is 25.6 Å². The molecule has 1 aliphatic heterocycles. The fourth-order valence-electron chi connectivity index (χ4n) is 0.660. The van der Waals surface area contributed by atoms with Crippen LogP contribution in [0.2, 0.25) is 0 Å². The highest BCUT2D eigenvalue weighted by molar-refractivity contribution is 5.61. The van der Waals surface area contributed by atoms with Gasteiger partial charge in [0, 0.05) is 0 Å². The van der Waals surface area contributed by atoms with Crippen LogP contribution < -0.4 is 0 Å². The minimum atomic E-state index is -0.810. The van der Waals surface area contributed by atoms with E-state index in [1.807, 2.05) is 0 Å². The summed E-state index contributed by atoms with van der Waals surface area (Å²) < 4.78 is 9.09. The number of rotatable bonds is 0. The van der Waals surface area contributed by atoms with Crippen LogP contribution >= 0.6 is 0 Å². The molecule has 1 saturated heterocycles. The molecule has 4 heteroatoms. The molecule has 1 heterocycles. The average Bonchev–Trinajstić information content (AvgIpc) is 1.78. The zero-order chi connectivity index (χ0) is 7.78. The lowest BCUT2D eigenvalue weighted by molar-refractivity contribution is -0.141.